The Balaban J connectivity index is 1.91. The molecule has 2 rings (SSSR count). The van der Waals surface area contributed by atoms with Crippen molar-refractivity contribution in [3.8, 4) is 0 Å². The van der Waals surface area contributed by atoms with E-state index in [9.17, 15) is 10.1 Å². The second kappa shape index (κ2) is 5.76. The minimum absolute atomic E-state index is 0.0880. The summed E-state index contributed by atoms with van der Waals surface area (Å²) in [5.41, 5.74) is 5.42. The Hall–Kier alpha value is -2.71. The molecule has 2 heterocycles. The summed E-state index contributed by atoms with van der Waals surface area (Å²) in [4.78, 5) is 14.2. The van der Waals surface area contributed by atoms with Gasteiger partial charge in [0.15, 0.2) is 0 Å². The molecule has 0 spiro atoms. The molecule has 0 saturated heterocycles. The number of rotatable bonds is 6. The van der Waals surface area contributed by atoms with Gasteiger partial charge in [-0.1, -0.05) is 5.21 Å². The molecule has 0 aliphatic heterocycles. The van der Waals surface area contributed by atoms with Crippen LogP contribution in [0.15, 0.2) is 24.5 Å². The van der Waals surface area contributed by atoms with Gasteiger partial charge in [0.1, 0.15) is 5.82 Å². The summed E-state index contributed by atoms with van der Waals surface area (Å²) in [7, 11) is 0. The van der Waals surface area contributed by atoms with Crippen molar-refractivity contribution in [3.05, 3.63) is 34.6 Å². The van der Waals surface area contributed by atoms with Gasteiger partial charge < -0.3 is 11.1 Å². The third-order valence-corrected chi connectivity index (χ3v) is 2.42. The number of nitrogen functional groups attached to an aromatic ring is 1. The lowest BCUT2D eigenvalue weighted by Gasteiger charge is -2.06. The van der Waals surface area contributed by atoms with E-state index in [0.717, 1.165) is 6.42 Å². The van der Waals surface area contributed by atoms with Gasteiger partial charge in [0, 0.05) is 25.4 Å². The number of nitrogens with one attached hydrogen (secondary N) is 1. The fourth-order valence-corrected chi connectivity index (χ4v) is 1.54. The fraction of sp³-hybridized carbons (Fsp3) is 0.300. The highest BCUT2D eigenvalue weighted by Gasteiger charge is 2.14. The summed E-state index contributed by atoms with van der Waals surface area (Å²) in [6.07, 6.45) is 4.08. The van der Waals surface area contributed by atoms with Gasteiger partial charge >= 0.3 is 5.69 Å². The maximum atomic E-state index is 10.8. The van der Waals surface area contributed by atoms with Gasteiger partial charge in [-0.05, 0) is 12.5 Å². The number of nitrogens with two attached hydrogens (primary N) is 1. The predicted octanol–water partition coefficient (Wildman–Crippen LogP) is 0.666. The quantitative estimate of drug-likeness (QED) is 0.445. The zero-order valence-corrected chi connectivity index (χ0v) is 10.1. The van der Waals surface area contributed by atoms with Gasteiger partial charge in [0.2, 0.25) is 5.82 Å². The van der Waals surface area contributed by atoms with Crippen LogP contribution in [0, 0.1) is 10.1 Å². The Morgan fingerprint density at radius 2 is 2.32 bits per heavy atom. The van der Waals surface area contributed by atoms with Crippen molar-refractivity contribution >= 4 is 17.3 Å². The third-order valence-electron chi connectivity index (χ3n) is 2.42. The zero-order chi connectivity index (χ0) is 13.7. The van der Waals surface area contributed by atoms with Crippen molar-refractivity contribution in [2.75, 3.05) is 17.6 Å². The summed E-state index contributed by atoms with van der Waals surface area (Å²) in [5.74, 6) is 0.424. The van der Waals surface area contributed by atoms with Crippen LogP contribution in [-0.2, 0) is 6.54 Å². The molecule has 19 heavy (non-hydrogen) atoms. The monoisotopic (exact) mass is 263 g/mol. The van der Waals surface area contributed by atoms with E-state index in [1.807, 2.05) is 0 Å². The predicted molar refractivity (Wildman–Crippen MR) is 68.4 cm³/mol. The number of hydrogen-bond donors (Lipinski definition) is 2. The van der Waals surface area contributed by atoms with Crippen molar-refractivity contribution in [2.24, 2.45) is 0 Å². The second-order valence-corrected chi connectivity index (χ2v) is 3.81. The summed E-state index contributed by atoms with van der Waals surface area (Å²) in [6, 6.07) is 2.74. The Morgan fingerprint density at radius 1 is 1.47 bits per heavy atom. The lowest BCUT2D eigenvalue weighted by molar-refractivity contribution is -0.384. The normalized spacial score (nSPS) is 10.3. The molecule has 0 bridgehead atoms. The molecular formula is C10H13N7O2. The molecule has 0 amide bonds. The number of nitro groups is 1. The molecule has 0 aliphatic rings. The Labute approximate surface area is 108 Å². The van der Waals surface area contributed by atoms with Crippen molar-refractivity contribution < 1.29 is 4.92 Å². The first-order valence-corrected chi connectivity index (χ1v) is 5.65. The lowest BCUT2D eigenvalue weighted by Crippen LogP contribution is -2.10. The van der Waals surface area contributed by atoms with Crippen molar-refractivity contribution in [2.45, 2.75) is 13.0 Å². The van der Waals surface area contributed by atoms with E-state index in [1.165, 1.54) is 12.1 Å². The van der Waals surface area contributed by atoms with Crippen LogP contribution < -0.4 is 11.1 Å². The van der Waals surface area contributed by atoms with Crippen LogP contribution in [0.5, 0.6) is 0 Å². The van der Waals surface area contributed by atoms with E-state index >= 15 is 0 Å². The number of hydrogen-bond acceptors (Lipinski definition) is 7. The van der Waals surface area contributed by atoms with Gasteiger partial charge in [-0.3, -0.25) is 14.8 Å². The van der Waals surface area contributed by atoms with Crippen LogP contribution in [0.25, 0.3) is 0 Å². The minimum Gasteiger partial charge on any atom is -0.384 e. The summed E-state index contributed by atoms with van der Waals surface area (Å²) < 4.78 is 1.68. The summed E-state index contributed by atoms with van der Waals surface area (Å²) in [6.45, 7) is 1.19. The molecule has 0 saturated carbocycles. The molecule has 3 N–H and O–H groups in total. The highest BCUT2D eigenvalue weighted by molar-refractivity contribution is 5.59. The smallest absolute Gasteiger partial charge is 0.311 e. The van der Waals surface area contributed by atoms with Crippen LogP contribution in [0.2, 0.25) is 0 Å². The molecule has 2 aromatic heterocycles. The van der Waals surface area contributed by atoms with Gasteiger partial charge in [-0.25, -0.2) is 4.98 Å². The number of aryl methyl sites for hydroxylation is 1. The first kappa shape index (κ1) is 12.7. The van der Waals surface area contributed by atoms with Gasteiger partial charge in [-0.2, -0.15) is 0 Å². The molecule has 100 valence electrons. The Kier molecular flexibility index (Phi) is 3.86. The van der Waals surface area contributed by atoms with Crippen LogP contribution in [0.3, 0.4) is 0 Å². The molecule has 9 heteroatoms. The van der Waals surface area contributed by atoms with Gasteiger partial charge in [0.05, 0.1) is 11.1 Å². The molecule has 9 nitrogen and oxygen atoms in total. The average Bonchev–Trinajstić information content (AvgIpc) is 2.87. The Bertz CT molecular complexity index is 555. The molecule has 0 aromatic carbocycles. The highest BCUT2D eigenvalue weighted by Crippen LogP contribution is 2.22. The molecule has 0 radical (unpaired) electrons. The number of anilines is 2. The van der Waals surface area contributed by atoms with Crippen molar-refractivity contribution in [1.82, 2.24) is 20.0 Å². The first-order chi connectivity index (χ1) is 9.16. The molecule has 2 aromatic rings. The van der Waals surface area contributed by atoms with Crippen molar-refractivity contribution in [1.29, 1.82) is 0 Å². The second-order valence-electron chi connectivity index (χ2n) is 3.81. The van der Waals surface area contributed by atoms with Crippen LogP contribution in [0.4, 0.5) is 17.3 Å². The molecular weight excluding hydrogens is 250 g/mol. The average molecular weight is 263 g/mol. The van der Waals surface area contributed by atoms with Crippen molar-refractivity contribution in [3.63, 3.8) is 0 Å². The van der Waals surface area contributed by atoms with E-state index in [-0.39, 0.29) is 17.3 Å². The largest absolute Gasteiger partial charge is 0.384 e. The summed E-state index contributed by atoms with van der Waals surface area (Å²) in [5, 5.41) is 21.2. The fourth-order valence-electron chi connectivity index (χ4n) is 1.54. The maximum Gasteiger partial charge on any atom is 0.311 e. The third kappa shape index (κ3) is 3.37. The van der Waals surface area contributed by atoms with Crippen LogP contribution in [0.1, 0.15) is 6.42 Å². The molecule has 0 fully saturated rings. The van der Waals surface area contributed by atoms with Gasteiger partial charge in [-0.15, -0.1) is 5.10 Å². The Morgan fingerprint density at radius 3 is 3.00 bits per heavy atom. The first-order valence-electron chi connectivity index (χ1n) is 5.65. The van der Waals surface area contributed by atoms with E-state index in [2.05, 4.69) is 20.6 Å². The number of aromatic nitrogens is 4. The topological polar surface area (TPSA) is 125 Å². The van der Waals surface area contributed by atoms with E-state index < -0.39 is 4.92 Å². The highest BCUT2D eigenvalue weighted by atomic mass is 16.6. The van der Waals surface area contributed by atoms with E-state index in [1.54, 1.807) is 17.1 Å². The van der Waals surface area contributed by atoms with Gasteiger partial charge in [0.25, 0.3) is 0 Å². The maximum absolute atomic E-state index is 10.8. The number of nitrogens with zero attached hydrogens (tertiary/aromatic N) is 5. The minimum atomic E-state index is -0.494. The molecule has 0 aliphatic carbocycles. The van der Waals surface area contributed by atoms with E-state index in [4.69, 9.17) is 5.73 Å². The summed E-state index contributed by atoms with van der Waals surface area (Å²) >= 11 is 0. The van der Waals surface area contributed by atoms with E-state index in [0.29, 0.717) is 13.1 Å². The molecule has 0 unspecified atom stereocenters. The molecule has 0 atom stereocenters. The zero-order valence-electron chi connectivity index (χ0n) is 10.1. The SMILES string of the molecule is Nc1ccc([N+](=O)[O-])c(NCCCn2ccnn2)n1. The number of pyridine rings is 1. The standard InChI is InChI=1S/C10H13N7O2/c11-9-3-2-8(17(18)19)10(14-9)12-4-1-6-16-7-5-13-15-16/h2-3,5,7H,1,4,6H2,(H3,11,12,14). The van der Waals surface area contributed by atoms with Crippen LogP contribution in [-0.4, -0.2) is 31.4 Å². The lowest BCUT2D eigenvalue weighted by atomic mass is 10.3. The van der Waals surface area contributed by atoms with Crippen LogP contribution >= 0.6 is 0 Å².